The summed E-state index contributed by atoms with van der Waals surface area (Å²) in [6.07, 6.45) is 69.6. The van der Waals surface area contributed by atoms with Crippen molar-refractivity contribution in [2.75, 3.05) is 13.2 Å². The molecule has 0 aliphatic rings. The Labute approximate surface area is 400 Å². The predicted octanol–water partition coefficient (Wildman–Crippen LogP) is 17.8. The molecule has 0 aromatic carbocycles. The zero-order chi connectivity index (χ0) is 47.2. The summed E-state index contributed by atoms with van der Waals surface area (Å²) in [5.41, 5.74) is 0. The largest absolute Gasteiger partial charge is 0.462 e. The Balaban J connectivity index is 4.49. The number of hydrogen-bond donors (Lipinski definition) is 0. The summed E-state index contributed by atoms with van der Waals surface area (Å²) < 4.78 is 16.8. The van der Waals surface area contributed by atoms with Gasteiger partial charge in [-0.05, 0) is 89.9 Å². The molecule has 0 bridgehead atoms. The Morgan fingerprint density at radius 3 is 1.00 bits per heavy atom. The van der Waals surface area contributed by atoms with Crippen LogP contribution in [0.15, 0.2) is 97.2 Å². The van der Waals surface area contributed by atoms with Crippen LogP contribution in [-0.4, -0.2) is 37.2 Å². The van der Waals surface area contributed by atoms with Crippen molar-refractivity contribution in [3.8, 4) is 0 Å². The van der Waals surface area contributed by atoms with Gasteiger partial charge in [-0.1, -0.05) is 227 Å². The Bertz CT molecular complexity index is 1310. The average Bonchev–Trinajstić information content (AvgIpc) is 3.30. The summed E-state index contributed by atoms with van der Waals surface area (Å²) in [6, 6.07) is 0. The van der Waals surface area contributed by atoms with Crippen LogP contribution in [0, 0.1) is 0 Å². The Morgan fingerprint density at radius 1 is 0.323 bits per heavy atom. The maximum atomic E-state index is 12.8. The third kappa shape index (κ3) is 51.2. The number of hydrogen-bond acceptors (Lipinski definition) is 6. The van der Waals surface area contributed by atoms with Gasteiger partial charge in [0.15, 0.2) is 6.10 Å². The molecule has 0 radical (unpaired) electrons. The number of carbonyl (C=O) groups excluding carboxylic acids is 3. The minimum atomic E-state index is -0.807. The number of carbonyl (C=O) groups is 3. The molecule has 0 aliphatic carbocycles. The SMILES string of the molecule is CC/C=C/C=C/C=C/C=C/CCCCCC(=O)OCC(COC(=O)CCCCCCC/C=C/C=C/C=C/CCCCCCC)OC(=O)CCCCCCC/C=C/CCCCCCCCC. The van der Waals surface area contributed by atoms with E-state index in [4.69, 9.17) is 14.2 Å². The van der Waals surface area contributed by atoms with Gasteiger partial charge in [-0.2, -0.15) is 0 Å². The third-order valence-corrected chi connectivity index (χ3v) is 11.2. The minimum Gasteiger partial charge on any atom is -0.462 e. The first-order valence-electron chi connectivity index (χ1n) is 26.8. The summed E-state index contributed by atoms with van der Waals surface area (Å²) in [5.74, 6) is -0.973. The van der Waals surface area contributed by atoms with E-state index in [1.807, 2.05) is 36.5 Å². The molecule has 1 unspecified atom stereocenters. The van der Waals surface area contributed by atoms with Crippen LogP contribution in [0.5, 0.6) is 0 Å². The molecule has 0 N–H and O–H groups in total. The monoisotopic (exact) mass is 903 g/mol. The van der Waals surface area contributed by atoms with Crippen molar-refractivity contribution < 1.29 is 28.6 Å². The molecule has 0 saturated carbocycles. The van der Waals surface area contributed by atoms with Crippen molar-refractivity contribution >= 4 is 17.9 Å². The summed E-state index contributed by atoms with van der Waals surface area (Å²) >= 11 is 0. The van der Waals surface area contributed by atoms with Gasteiger partial charge in [-0.25, -0.2) is 0 Å². The lowest BCUT2D eigenvalue weighted by Gasteiger charge is -2.18. The minimum absolute atomic E-state index is 0.105. The van der Waals surface area contributed by atoms with E-state index in [1.54, 1.807) is 0 Å². The molecular formula is C59H98O6. The highest BCUT2D eigenvalue weighted by atomic mass is 16.6. The van der Waals surface area contributed by atoms with E-state index >= 15 is 0 Å². The highest BCUT2D eigenvalue weighted by Crippen LogP contribution is 2.14. The van der Waals surface area contributed by atoms with Crippen LogP contribution in [-0.2, 0) is 28.6 Å². The quantitative estimate of drug-likeness (QED) is 0.0199. The topological polar surface area (TPSA) is 78.9 Å². The second kappa shape index (κ2) is 52.9. The van der Waals surface area contributed by atoms with Crippen LogP contribution in [0.4, 0.5) is 0 Å². The third-order valence-electron chi connectivity index (χ3n) is 11.2. The highest BCUT2D eigenvalue weighted by Gasteiger charge is 2.19. The molecule has 65 heavy (non-hydrogen) atoms. The van der Waals surface area contributed by atoms with Gasteiger partial charge in [0.2, 0.25) is 0 Å². The molecule has 0 fully saturated rings. The van der Waals surface area contributed by atoms with Crippen molar-refractivity contribution in [1.29, 1.82) is 0 Å². The standard InChI is InChI=1S/C59H98O6/c1-4-7-10-13-16-19-22-25-27-29-30-32-34-37-40-43-46-49-52-58(61)64-55-56(54-63-57(60)51-48-45-42-39-36-33-24-21-18-15-12-9-6-3)65-59(62)53-50-47-44-41-38-35-31-28-26-23-20-17-14-11-8-5-2/h9,12,15,18,21-22,24-25,27-33,36,56H,4-8,10-11,13-14,16-17,19-20,23,26,34-35,37-55H2,1-3H3/b12-9+,18-15+,24-21+,25-22+,29-27+,31-28+,32-30+,36-33+. The molecule has 0 rings (SSSR count). The van der Waals surface area contributed by atoms with Gasteiger partial charge in [0.1, 0.15) is 13.2 Å². The van der Waals surface area contributed by atoms with Crippen molar-refractivity contribution in [3.05, 3.63) is 97.2 Å². The molecule has 0 spiro atoms. The number of allylic oxidation sites excluding steroid dienone is 16. The molecule has 1 atom stereocenters. The van der Waals surface area contributed by atoms with Gasteiger partial charge in [0.05, 0.1) is 0 Å². The predicted molar refractivity (Wildman–Crippen MR) is 279 cm³/mol. The molecule has 6 heteroatoms. The smallest absolute Gasteiger partial charge is 0.306 e. The lowest BCUT2D eigenvalue weighted by atomic mass is 10.1. The molecule has 0 saturated heterocycles. The Morgan fingerprint density at radius 2 is 0.615 bits per heavy atom. The summed E-state index contributed by atoms with van der Waals surface area (Å²) in [6.45, 7) is 6.42. The molecule has 6 nitrogen and oxygen atoms in total. The molecule has 0 amide bonds. The fourth-order valence-corrected chi connectivity index (χ4v) is 7.15. The second-order valence-corrected chi connectivity index (χ2v) is 17.5. The number of ether oxygens (including phenoxy) is 3. The zero-order valence-corrected chi connectivity index (χ0v) is 42.2. The number of rotatable bonds is 47. The van der Waals surface area contributed by atoms with Crippen LogP contribution < -0.4 is 0 Å². The van der Waals surface area contributed by atoms with Crippen molar-refractivity contribution in [2.45, 2.75) is 245 Å². The van der Waals surface area contributed by atoms with Crippen LogP contribution >= 0.6 is 0 Å². The molecule has 0 heterocycles. The first kappa shape index (κ1) is 61.3. The van der Waals surface area contributed by atoms with E-state index in [0.717, 1.165) is 109 Å². The molecule has 0 aliphatic heterocycles. The van der Waals surface area contributed by atoms with E-state index in [2.05, 4.69) is 81.5 Å². The summed E-state index contributed by atoms with van der Waals surface area (Å²) in [4.78, 5) is 38.0. The van der Waals surface area contributed by atoms with Gasteiger partial charge in [-0.15, -0.1) is 0 Å². The maximum Gasteiger partial charge on any atom is 0.306 e. The van der Waals surface area contributed by atoms with Crippen LogP contribution in [0.1, 0.15) is 239 Å². The van der Waals surface area contributed by atoms with Crippen molar-refractivity contribution in [1.82, 2.24) is 0 Å². The highest BCUT2D eigenvalue weighted by molar-refractivity contribution is 5.71. The van der Waals surface area contributed by atoms with Crippen LogP contribution in [0.2, 0.25) is 0 Å². The van der Waals surface area contributed by atoms with Gasteiger partial charge in [0, 0.05) is 19.3 Å². The average molecular weight is 903 g/mol. The van der Waals surface area contributed by atoms with E-state index in [9.17, 15) is 14.4 Å². The fraction of sp³-hybridized carbons (Fsp3) is 0.678. The van der Waals surface area contributed by atoms with Crippen LogP contribution in [0.3, 0.4) is 0 Å². The zero-order valence-electron chi connectivity index (χ0n) is 42.2. The van der Waals surface area contributed by atoms with Gasteiger partial charge in [0.25, 0.3) is 0 Å². The normalized spacial score (nSPS) is 12.8. The van der Waals surface area contributed by atoms with Gasteiger partial charge < -0.3 is 14.2 Å². The van der Waals surface area contributed by atoms with Crippen LogP contribution in [0.25, 0.3) is 0 Å². The first-order valence-corrected chi connectivity index (χ1v) is 26.8. The molecular weight excluding hydrogens is 805 g/mol. The molecule has 370 valence electrons. The molecule has 0 aromatic rings. The fourth-order valence-electron chi connectivity index (χ4n) is 7.15. The van der Waals surface area contributed by atoms with E-state index < -0.39 is 6.10 Å². The summed E-state index contributed by atoms with van der Waals surface area (Å²) in [7, 11) is 0. The lowest BCUT2D eigenvalue weighted by Crippen LogP contribution is -2.30. The lowest BCUT2D eigenvalue weighted by molar-refractivity contribution is -0.167. The van der Waals surface area contributed by atoms with Gasteiger partial charge >= 0.3 is 17.9 Å². The number of unbranched alkanes of at least 4 members (excludes halogenated alkanes) is 25. The Hall–Kier alpha value is -3.67. The van der Waals surface area contributed by atoms with E-state index in [1.165, 1.54) is 89.9 Å². The second-order valence-electron chi connectivity index (χ2n) is 17.5. The van der Waals surface area contributed by atoms with E-state index in [0.29, 0.717) is 19.3 Å². The summed E-state index contributed by atoms with van der Waals surface area (Å²) in [5, 5.41) is 0. The maximum absolute atomic E-state index is 12.8. The van der Waals surface area contributed by atoms with Crippen molar-refractivity contribution in [3.63, 3.8) is 0 Å². The number of esters is 3. The van der Waals surface area contributed by atoms with E-state index in [-0.39, 0.29) is 31.1 Å². The van der Waals surface area contributed by atoms with Crippen molar-refractivity contribution in [2.24, 2.45) is 0 Å². The molecule has 0 aromatic heterocycles. The first-order chi connectivity index (χ1) is 32.0. The Kier molecular flexibility index (Phi) is 50.0. The van der Waals surface area contributed by atoms with Gasteiger partial charge in [-0.3, -0.25) is 14.4 Å².